The second kappa shape index (κ2) is 7.84. The highest BCUT2D eigenvalue weighted by Gasteiger charge is 2.14. The zero-order valence-corrected chi connectivity index (χ0v) is 15.9. The molecule has 0 atom stereocenters. The van der Waals surface area contributed by atoms with Crippen LogP contribution in [0.25, 0.3) is 11.3 Å². The molecule has 140 valence electrons. The number of amides is 1. The number of hydrogen-bond donors (Lipinski definition) is 1. The monoisotopic (exact) mass is 388 g/mol. The third-order valence-electron chi connectivity index (χ3n) is 3.98. The van der Waals surface area contributed by atoms with Crippen LogP contribution in [-0.2, 0) is 0 Å². The molecule has 7 heteroatoms. The number of nitrogens with one attached hydrogen (secondary N) is 1. The summed E-state index contributed by atoms with van der Waals surface area (Å²) in [5, 5.41) is 5.03. The zero-order valence-electron chi connectivity index (χ0n) is 15.0. The van der Waals surface area contributed by atoms with Gasteiger partial charge < -0.3 is 4.74 Å². The smallest absolute Gasteiger partial charge is 0.387 e. The third-order valence-corrected chi connectivity index (χ3v) is 4.74. The molecule has 0 aliphatic heterocycles. The van der Waals surface area contributed by atoms with Crippen molar-refractivity contribution in [3.8, 4) is 17.0 Å². The van der Waals surface area contributed by atoms with Crippen LogP contribution in [0.15, 0.2) is 41.8 Å². The second-order valence-corrected chi connectivity index (χ2v) is 7.03. The first-order chi connectivity index (χ1) is 12.8. The fraction of sp³-hybridized carbons (Fsp3) is 0.200. The van der Waals surface area contributed by atoms with Gasteiger partial charge in [0.15, 0.2) is 5.13 Å². The van der Waals surface area contributed by atoms with Crippen LogP contribution in [0.2, 0.25) is 0 Å². The molecule has 1 amide bonds. The number of carbonyl (C=O) groups excluding carboxylic acids is 1. The highest BCUT2D eigenvalue weighted by molar-refractivity contribution is 7.14. The Morgan fingerprint density at radius 3 is 2.52 bits per heavy atom. The number of thiazole rings is 1. The summed E-state index contributed by atoms with van der Waals surface area (Å²) in [6.45, 7) is 3.16. The van der Waals surface area contributed by atoms with Crippen LogP contribution >= 0.6 is 11.3 Å². The Hall–Kier alpha value is -2.80. The highest BCUT2D eigenvalue weighted by Crippen LogP contribution is 2.31. The van der Waals surface area contributed by atoms with Crippen molar-refractivity contribution in [1.29, 1.82) is 0 Å². The van der Waals surface area contributed by atoms with Gasteiger partial charge in [-0.2, -0.15) is 8.78 Å². The maximum absolute atomic E-state index is 12.4. The zero-order chi connectivity index (χ0) is 19.6. The average Bonchev–Trinajstić information content (AvgIpc) is 3.01. The number of anilines is 1. The molecule has 0 saturated carbocycles. The van der Waals surface area contributed by atoms with E-state index in [0.717, 1.165) is 22.4 Å². The molecule has 0 bridgehead atoms. The molecule has 0 aliphatic carbocycles. The summed E-state index contributed by atoms with van der Waals surface area (Å²) in [6, 6.07) is 9.83. The minimum absolute atomic E-state index is 0.0663. The lowest BCUT2D eigenvalue weighted by Crippen LogP contribution is -2.12. The van der Waals surface area contributed by atoms with E-state index >= 15 is 0 Å². The van der Waals surface area contributed by atoms with Crippen molar-refractivity contribution in [1.82, 2.24) is 4.98 Å². The SMILES string of the molecule is Cc1cc(C)c(-c2csc(NC(=O)c3cccc(OC(F)F)c3)n2)c(C)c1. The van der Waals surface area contributed by atoms with E-state index in [1.165, 1.54) is 41.2 Å². The molecular weight excluding hydrogens is 370 g/mol. The summed E-state index contributed by atoms with van der Waals surface area (Å²) in [4.78, 5) is 16.9. The van der Waals surface area contributed by atoms with Gasteiger partial charge in [0.05, 0.1) is 5.69 Å². The third kappa shape index (κ3) is 4.49. The number of halogens is 2. The van der Waals surface area contributed by atoms with Crippen LogP contribution in [0.5, 0.6) is 5.75 Å². The molecule has 1 N–H and O–H groups in total. The minimum atomic E-state index is -2.94. The fourth-order valence-electron chi connectivity index (χ4n) is 3.01. The number of carbonyl (C=O) groups is 1. The predicted octanol–water partition coefficient (Wildman–Crippen LogP) is 5.59. The van der Waals surface area contributed by atoms with E-state index in [-0.39, 0.29) is 11.3 Å². The van der Waals surface area contributed by atoms with Gasteiger partial charge in [-0.25, -0.2) is 4.98 Å². The van der Waals surface area contributed by atoms with Crippen LogP contribution in [0.3, 0.4) is 0 Å². The number of rotatable bonds is 5. The second-order valence-electron chi connectivity index (χ2n) is 6.17. The van der Waals surface area contributed by atoms with E-state index in [4.69, 9.17) is 0 Å². The summed E-state index contributed by atoms with van der Waals surface area (Å²) < 4.78 is 29.0. The molecule has 0 aliphatic rings. The molecule has 0 spiro atoms. The molecule has 0 fully saturated rings. The molecular formula is C20H18F2N2O2S. The summed E-state index contributed by atoms with van der Waals surface area (Å²) in [5.41, 5.74) is 5.47. The topological polar surface area (TPSA) is 51.2 Å². The van der Waals surface area contributed by atoms with E-state index < -0.39 is 12.5 Å². The maximum atomic E-state index is 12.4. The van der Waals surface area contributed by atoms with Crippen molar-refractivity contribution in [2.45, 2.75) is 27.4 Å². The van der Waals surface area contributed by atoms with Gasteiger partial charge in [0, 0.05) is 16.5 Å². The van der Waals surface area contributed by atoms with Gasteiger partial charge in [0.2, 0.25) is 0 Å². The summed E-state index contributed by atoms with van der Waals surface area (Å²) in [6.07, 6.45) is 0. The first-order valence-corrected chi connectivity index (χ1v) is 9.11. The summed E-state index contributed by atoms with van der Waals surface area (Å²) >= 11 is 1.31. The quantitative estimate of drug-likeness (QED) is 0.620. The normalized spacial score (nSPS) is 10.9. The minimum Gasteiger partial charge on any atom is -0.435 e. The van der Waals surface area contributed by atoms with E-state index in [0.29, 0.717) is 5.13 Å². The first-order valence-electron chi connectivity index (χ1n) is 8.23. The van der Waals surface area contributed by atoms with Crippen molar-refractivity contribution in [2.24, 2.45) is 0 Å². The summed E-state index contributed by atoms with van der Waals surface area (Å²) in [5.74, 6) is -0.503. The molecule has 4 nitrogen and oxygen atoms in total. The fourth-order valence-corrected chi connectivity index (χ4v) is 3.71. The Kier molecular flexibility index (Phi) is 5.51. The first kappa shape index (κ1) is 19.0. The predicted molar refractivity (Wildman–Crippen MR) is 103 cm³/mol. The van der Waals surface area contributed by atoms with Gasteiger partial charge in [-0.15, -0.1) is 11.3 Å². The van der Waals surface area contributed by atoms with E-state index in [9.17, 15) is 13.6 Å². The Balaban J connectivity index is 1.79. The van der Waals surface area contributed by atoms with Crippen molar-refractivity contribution < 1.29 is 18.3 Å². The molecule has 0 saturated heterocycles. The number of alkyl halides is 2. The van der Waals surface area contributed by atoms with E-state index in [1.807, 2.05) is 26.2 Å². The van der Waals surface area contributed by atoms with E-state index in [2.05, 4.69) is 27.2 Å². The van der Waals surface area contributed by atoms with E-state index in [1.54, 1.807) is 0 Å². The van der Waals surface area contributed by atoms with Crippen molar-refractivity contribution >= 4 is 22.4 Å². The Labute approximate surface area is 159 Å². The molecule has 3 rings (SSSR count). The van der Waals surface area contributed by atoms with Gasteiger partial charge >= 0.3 is 6.61 Å². The standard InChI is InChI=1S/C20H18F2N2O2S/c1-11-7-12(2)17(13(3)8-11)16-10-27-20(23-16)24-18(25)14-5-4-6-15(9-14)26-19(21)22/h4-10,19H,1-3H3,(H,23,24,25). The van der Waals surface area contributed by atoms with Crippen molar-refractivity contribution in [3.63, 3.8) is 0 Å². The Morgan fingerprint density at radius 1 is 1.15 bits per heavy atom. The Bertz CT molecular complexity index is 963. The molecule has 0 radical (unpaired) electrons. The molecule has 27 heavy (non-hydrogen) atoms. The van der Waals surface area contributed by atoms with Crippen LogP contribution in [-0.4, -0.2) is 17.5 Å². The number of ether oxygens (including phenoxy) is 1. The molecule has 1 heterocycles. The van der Waals surface area contributed by atoms with Gasteiger partial charge in [-0.1, -0.05) is 23.8 Å². The number of nitrogens with zero attached hydrogens (tertiary/aromatic N) is 1. The van der Waals surface area contributed by atoms with Gasteiger partial charge in [-0.3, -0.25) is 10.1 Å². The molecule has 1 aromatic heterocycles. The molecule has 3 aromatic rings. The lowest BCUT2D eigenvalue weighted by atomic mass is 9.98. The maximum Gasteiger partial charge on any atom is 0.387 e. The van der Waals surface area contributed by atoms with Gasteiger partial charge in [-0.05, 0) is 50.1 Å². The van der Waals surface area contributed by atoms with Crippen molar-refractivity contribution in [3.05, 3.63) is 64.0 Å². The van der Waals surface area contributed by atoms with Crippen LogP contribution in [0, 0.1) is 20.8 Å². The van der Waals surface area contributed by atoms with Gasteiger partial charge in [0.25, 0.3) is 5.91 Å². The molecule has 2 aromatic carbocycles. The average molecular weight is 388 g/mol. The summed E-state index contributed by atoms with van der Waals surface area (Å²) in [7, 11) is 0. The largest absolute Gasteiger partial charge is 0.435 e. The highest BCUT2D eigenvalue weighted by atomic mass is 32.1. The Morgan fingerprint density at radius 2 is 1.85 bits per heavy atom. The van der Waals surface area contributed by atoms with Crippen molar-refractivity contribution in [2.75, 3.05) is 5.32 Å². The molecule has 0 unspecified atom stereocenters. The van der Waals surface area contributed by atoms with Gasteiger partial charge in [0.1, 0.15) is 5.75 Å². The van der Waals surface area contributed by atoms with Crippen LogP contribution in [0.4, 0.5) is 13.9 Å². The van der Waals surface area contributed by atoms with Crippen LogP contribution < -0.4 is 10.1 Å². The number of aryl methyl sites for hydroxylation is 3. The number of hydrogen-bond acceptors (Lipinski definition) is 4. The number of benzene rings is 2. The lowest BCUT2D eigenvalue weighted by molar-refractivity contribution is -0.0498. The number of aromatic nitrogens is 1. The lowest BCUT2D eigenvalue weighted by Gasteiger charge is -2.09. The van der Waals surface area contributed by atoms with Crippen LogP contribution in [0.1, 0.15) is 27.0 Å².